The first-order chi connectivity index (χ1) is 14.3. The summed E-state index contributed by atoms with van der Waals surface area (Å²) < 4.78 is 10.5. The number of carbonyl (C=O) groups is 1. The van der Waals surface area contributed by atoms with Crippen molar-refractivity contribution in [2.75, 3.05) is 0 Å². The third-order valence-corrected chi connectivity index (χ3v) is 6.26. The van der Waals surface area contributed by atoms with Crippen molar-refractivity contribution in [1.82, 2.24) is 9.99 Å². The van der Waals surface area contributed by atoms with E-state index < -0.39 is 5.91 Å². The van der Waals surface area contributed by atoms with E-state index in [1.165, 1.54) is 0 Å². The Morgan fingerprint density at radius 3 is 2.50 bits per heavy atom. The van der Waals surface area contributed by atoms with Crippen LogP contribution in [0.25, 0.3) is 16.7 Å². The van der Waals surface area contributed by atoms with Crippen LogP contribution in [-0.2, 0) is 0 Å². The van der Waals surface area contributed by atoms with E-state index in [9.17, 15) is 4.79 Å². The Bertz CT molecular complexity index is 1290. The minimum atomic E-state index is -0.410. The molecule has 0 aliphatic rings. The molecular formula is C22H16Br3N3O2. The lowest BCUT2D eigenvalue weighted by atomic mass is 10.2. The Morgan fingerprint density at radius 1 is 1.03 bits per heavy atom. The van der Waals surface area contributed by atoms with E-state index in [0.717, 1.165) is 41.4 Å². The van der Waals surface area contributed by atoms with Gasteiger partial charge < -0.3 is 8.98 Å². The largest absolute Gasteiger partial charge is 0.450 e. The molecule has 0 spiro atoms. The highest BCUT2D eigenvalue weighted by atomic mass is 79.9. The number of furan rings is 1. The number of fused-ring (bicyclic) bond motifs is 1. The summed E-state index contributed by atoms with van der Waals surface area (Å²) in [5.41, 5.74) is 7.26. The van der Waals surface area contributed by atoms with Gasteiger partial charge in [-0.25, -0.2) is 5.43 Å². The average molecular weight is 594 g/mol. The Balaban J connectivity index is 1.53. The van der Waals surface area contributed by atoms with Gasteiger partial charge in [-0.15, -0.1) is 0 Å². The minimum absolute atomic E-state index is 0.196. The number of nitrogens with one attached hydrogen (secondary N) is 1. The Morgan fingerprint density at radius 2 is 1.77 bits per heavy atom. The van der Waals surface area contributed by atoms with Crippen LogP contribution in [0, 0.1) is 13.8 Å². The molecule has 5 nitrogen and oxygen atoms in total. The number of carbonyl (C=O) groups excluding carboxylic acids is 1. The maximum Gasteiger partial charge on any atom is 0.307 e. The molecule has 0 radical (unpaired) electrons. The molecule has 2 heterocycles. The lowest BCUT2D eigenvalue weighted by molar-refractivity contribution is 0.0929. The highest BCUT2D eigenvalue weighted by Crippen LogP contribution is 2.31. The molecule has 0 atom stereocenters. The molecule has 0 saturated carbocycles. The van der Waals surface area contributed by atoms with Crippen molar-refractivity contribution in [2.24, 2.45) is 5.10 Å². The van der Waals surface area contributed by atoms with Crippen LogP contribution in [0.2, 0.25) is 0 Å². The van der Waals surface area contributed by atoms with Crippen molar-refractivity contribution >= 4 is 70.9 Å². The van der Waals surface area contributed by atoms with E-state index in [2.05, 4.69) is 62.9 Å². The SMILES string of the molecule is Cc1cc(/C=N/NC(=O)c2cc3cc(Br)cc(Br)c3o2)c(C)n1-c1ccc(Br)cc1. The molecule has 4 rings (SSSR count). The van der Waals surface area contributed by atoms with Crippen LogP contribution in [0.5, 0.6) is 0 Å². The van der Waals surface area contributed by atoms with Crippen molar-refractivity contribution in [3.05, 3.63) is 84.7 Å². The van der Waals surface area contributed by atoms with Gasteiger partial charge in [0.25, 0.3) is 0 Å². The van der Waals surface area contributed by atoms with Crippen molar-refractivity contribution in [3.8, 4) is 5.69 Å². The molecule has 0 unspecified atom stereocenters. The number of amides is 1. The van der Waals surface area contributed by atoms with Gasteiger partial charge in [0.15, 0.2) is 5.76 Å². The van der Waals surface area contributed by atoms with Crippen LogP contribution in [-0.4, -0.2) is 16.7 Å². The smallest absolute Gasteiger partial charge is 0.307 e. The van der Waals surface area contributed by atoms with Gasteiger partial charge >= 0.3 is 5.91 Å². The maximum atomic E-state index is 12.5. The number of hydrazone groups is 1. The summed E-state index contributed by atoms with van der Waals surface area (Å²) in [7, 11) is 0. The summed E-state index contributed by atoms with van der Waals surface area (Å²) in [6.07, 6.45) is 1.64. The van der Waals surface area contributed by atoms with Crippen LogP contribution in [0.1, 0.15) is 27.5 Å². The zero-order chi connectivity index (χ0) is 21.4. The fourth-order valence-corrected chi connectivity index (χ4v) is 4.91. The number of hydrogen-bond acceptors (Lipinski definition) is 3. The molecule has 0 aliphatic heterocycles. The molecule has 1 N–H and O–H groups in total. The monoisotopic (exact) mass is 591 g/mol. The fourth-order valence-electron chi connectivity index (χ4n) is 3.31. The number of nitrogens with zero attached hydrogens (tertiary/aromatic N) is 2. The van der Waals surface area contributed by atoms with Crippen LogP contribution in [0.4, 0.5) is 0 Å². The maximum absolute atomic E-state index is 12.5. The second-order valence-electron chi connectivity index (χ2n) is 6.75. The second kappa shape index (κ2) is 8.53. The number of aryl methyl sites for hydroxylation is 1. The summed E-state index contributed by atoms with van der Waals surface area (Å²) in [6, 6.07) is 15.6. The molecule has 0 fully saturated rings. The molecule has 0 aliphatic carbocycles. The first kappa shape index (κ1) is 21.1. The lowest BCUT2D eigenvalue weighted by Crippen LogP contribution is -2.16. The average Bonchev–Trinajstić information content (AvgIpc) is 3.24. The molecule has 1 amide bonds. The van der Waals surface area contributed by atoms with Gasteiger partial charge in [0.05, 0.1) is 10.7 Å². The van der Waals surface area contributed by atoms with Gasteiger partial charge in [0, 0.05) is 37.0 Å². The number of hydrogen-bond donors (Lipinski definition) is 1. The molecule has 30 heavy (non-hydrogen) atoms. The van der Waals surface area contributed by atoms with E-state index in [-0.39, 0.29) is 5.76 Å². The molecule has 0 saturated heterocycles. The van der Waals surface area contributed by atoms with Gasteiger partial charge in [-0.05, 0) is 78.3 Å². The van der Waals surface area contributed by atoms with Gasteiger partial charge in [-0.2, -0.15) is 5.10 Å². The van der Waals surface area contributed by atoms with Crippen molar-refractivity contribution in [2.45, 2.75) is 13.8 Å². The molecule has 2 aromatic heterocycles. The Kier molecular flexibility index (Phi) is 5.99. The zero-order valence-corrected chi connectivity index (χ0v) is 20.8. The van der Waals surface area contributed by atoms with E-state index in [4.69, 9.17) is 4.42 Å². The summed E-state index contributed by atoms with van der Waals surface area (Å²) >= 11 is 10.3. The van der Waals surface area contributed by atoms with E-state index in [1.54, 1.807) is 12.3 Å². The zero-order valence-electron chi connectivity index (χ0n) is 16.0. The van der Waals surface area contributed by atoms with Gasteiger partial charge in [0.1, 0.15) is 5.58 Å². The standard InChI is InChI=1S/C22H16Br3N3O2/c1-12-7-15(13(2)28(12)18-5-3-16(23)4-6-18)11-26-27-22(29)20-9-14-8-17(24)10-19(25)21(14)30-20/h3-11H,1-2H3,(H,27,29)/b26-11+. The first-order valence-electron chi connectivity index (χ1n) is 9.00. The Hall–Kier alpha value is -2.16. The number of aromatic nitrogens is 1. The number of rotatable bonds is 4. The van der Waals surface area contributed by atoms with Gasteiger partial charge in [-0.1, -0.05) is 31.9 Å². The van der Waals surface area contributed by atoms with E-state index in [0.29, 0.717) is 5.58 Å². The van der Waals surface area contributed by atoms with Crippen molar-refractivity contribution in [1.29, 1.82) is 0 Å². The minimum Gasteiger partial charge on any atom is -0.450 e. The highest BCUT2D eigenvalue weighted by Gasteiger charge is 2.14. The molecule has 4 aromatic rings. The van der Waals surface area contributed by atoms with Crippen LogP contribution < -0.4 is 5.43 Å². The summed E-state index contributed by atoms with van der Waals surface area (Å²) in [5, 5.41) is 4.95. The molecule has 152 valence electrons. The number of halogens is 3. The third-order valence-electron chi connectivity index (χ3n) is 4.68. The van der Waals surface area contributed by atoms with Crippen molar-refractivity contribution in [3.63, 3.8) is 0 Å². The predicted molar refractivity (Wildman–Crippen MR) is 130 cm³/mol. The van der Waals surface area contributed by atoms with E-state index in [1.807, 2.05) is 56.3 Å². The lowest BCUT2D eigenvalue weighted by Gasteiger charge is -2.09. The van der Waals surface area contributed by atoms with Crippen LogP contribution in [0.3, 0.4) is 0 Å². The molecule has 0 bridgehead atoms. The van der Waals surface area contributed by atoms with Crippen LogP contribution in [0.15, 0.2) is 71.5 Å². The predicted octanol–water partition coefficient (Wildman–Crippen LogP) is 6.89. The van der Waals surface area contributed by atoms with Crippen molar-refractivity contribution < 1.29 is 9.21 Å². The molecular weight excluding hydrogens is 578 g/mol. The van der Waals surface area contributed by atoms with Crippen LogP contribution >= 0.6 is 47.8 Å². The number of benzene rings is 2. The summed E-state index contributed by atoms with van der Waals surface area (Å²) in [5.74, 6) is -0.214. The topological polar surface area (TPSA) is 59.5 Å². The fraction of sp³-hybridized carbons (Fsp3) is 0.0909. The third kappa shape index (κ3) is 4.17. The van der Waals surface area contributed by atoms with Gasteiger partial charge in [0.2, 0.25) is 0 Å². The summed E-state index contributed by atoms with van der Waals surface area (Å²) in [4.78, 5) is 12.5. The van der Waals surface area contributed by atoms with Gasteiger partial charge in [-0.3, -0.25) is 4.79 Å². The first-order valence-corrected chi connectivity index (χ1v) is 11.4. The Labute approximate surface area is 198 Å². The second-order valence-corrected chi connectivity index (χ2v) is 9.44. The van der Waals surface area contributed by atoms with E-state index >= 15 is 0 Å². The quantitative estimate of drug-likeness (QED) is 0.207. The summed E-state index contributed by atoms with van der Waals surface area (Å²) in [6.45, 7) is 4.06. The molecule has 2 aromatic carbocycles. The normalized spacial score (nSPS) is 11.5. The highest BCUT2D eigenvalue weighted by molar-refractivity contribution is 9.11. The molecule has 8 heteroatoms.